The minimum atomic E-state index is 0.773. The Kier molecular flexibility index (Phi) is 3.82. The van der Waals surface area contributed by atoms with Crippen molar-refractivity contribution < 1.29 is 0 Å². The van der Waals surface area contributed by atoms with Crippen LogP contribution in [0.5, 0.6) is 0 Å². The Morgan fingerprint density at radius 1 is 1.18 bits per heavy atom. The molecular weight excluding hydrogens is 234 g/mol. The van der Waals surface area contributed by atoms with E-state index in [0.29, 0.717) is 0 Å². The number of nitrogens with one attached hydrogen (secondary N) is 2. The van der Waals surface area contributed by atoms with Gasteiger partial charge in [-0.15, -0.1) is 0 Å². The Morgan fingerprint density at radius 2 is 1.88 bits per heavy atom. The molecule has 2 rings (SSSR count). The summed E-state index contributed by atoms with van der Waals surface area (Å²) in [7, 11) is 0. The van der Waals surface area contributed by atoms with E-state index in [0.717, 1.165) is 29.5 Å². The van der Waals surface area contributed by atoms with E-state index in [1.165, 1.54) is 11.1 Å². The van der Waals surface area contributed by atoms with Gasteiger partial charge in [-0.3, -0.25) is 5.10 Å². The fourth-order valence-corrected chi connectivity index (χ4v) is 1.89. The first-order valence-electron chi connectivity index (χ1n) is 5.62. The van der Waals surface area contributed by atoms with Gasteiger partial charge in [-0.2, -0.15) is 5.10 Å². The number of hydrogen-bond donors (Lipinski definition) is 2. The number of hydrogen-bond acceptors (Lipinski definition) is 2. The molecule has 17 heavy (non-hydrogen) atoms. The summed E-state index contributed by atoms with van der Waals surface area (Å²) < 4.78 is 0. The normalized spacial score (nSPS) is 10.8. The van der Waals surface area contributed by atoms with Crippen molar-refractivity contribution in [1.82, 2.24) is 15.5 Å². The van der Waals surface area contributed by atoms with E-state index >= 15 is 0 Å². The van der Waals surface area contributed by atoms with E-state index in [-0.39, 0.29) is 0 Å². The number of halogens is 1. The Balaban J connectivity index is 1.90. The van der Waals surface area contributed by atoms with Crippen LogP contribution in [-0.4, -0.2) is 10.2 Å². The van der Waals surface area contributed by atoms with Gasteiger partial charge >= 0.3 is 0 Å². The number of nitrogens with zero attached hydrogens (tertiary/aromatic N) is 1. The second-order valence-electron chi connectivity index (χ2n) is 4.14. The number of aromatic amines is 1. The number of aryl methyl sites for hydroxylation is 2. The molecular formula is C13H16ClN3. The molecule has 3 nitrogen and oxygen atoms in total. The molecule has 0 saturated carbocycles. The maximum Gasteiger partial charge on any atom is 0.0638 e. The van der Waals surface area contributed by atoms with Crippen LogP contribution in [-0.2, 0) is 13.1 Å². The van der Waals surface area contributed by atoms with Gasteiger partial charge in [-0.1, -0.05) is 23.7 Å². The molecule has 0 radical (unpaired) electrons. The van der Waals surface area contributed by atoms with Gasteiger partial charge in [0.05, 0.1) is 5.69 Å². The first-order valence-corrected chi connectivity index (χ1v) is 6.00. The van der Waals surface area contributed by atoms with Crippen LogP contribution in [0.15, 0.2) is 24.3 Å². The highest BCUT2D eigenvalue weighted by Crippen LogP contribution is 2.11. The molecule has 0 saturated heterocycles. The zero-order valence-corrected chi connectivity index (χ0v) is 10.8. The van der Waals surface area contributed by atoms with Crippen molar-refractivity contribution >= 4 is 11.6 Å². The third kappa shape index (κ3) is 3.08. The molecule has 90 valence electrons. The lowest BCUT2D eigenvalue weighted by Gasteiger charge is -2.05. The molecule has 0 spiro atoms. The Labute approximate surface area is 106 Å². The minimum Gasteiger partial charge on any atom is -0.308 e. The average Bonchev–Trinajstić information content (AvgIpc) is 2.63. The smallest absolute Gasteiger partial charge is 0.0638 e. The van der Waals surface area contributed by atoms with Gasteiger partial charge < -0.3 is 5.32 Å². The van der Waals surface area contributed by atoms with E-state index < -0.39 is 0 Å². The molecule has 1 aromatic heterocycles. The second kappa shape index (κ2) is 5.34. The summed E-state index contributed by atoms with van der Waals surface area (Å²) in [5.41, 5.74) is 4.67. The number of benzene rings is 1. The molecule has 0 aliphatic carbocycles. The molecule has 0 aliphatic heterocycles. The van der Waals surface area contributed by atoms with Gasteiger partial charge in [-0.05, 0) is 31.5 Å². The first kappa shape index (κ1) is 12.1. The third-order valence-corrected chi connectivity index (χ3v) is 3.08. The maximum absolute atomic E-state index is 5.84. The van der Waals surface area contributed by atoms with Crippen molar-refractivity contribution in [3.05, 3.63) is 51.8 Å². The van der Waals surface area contributed by atoms with Crippen LogP contribution in [0.4, 0.5) is 0 Å². The van der Waals surface area contributed by atoms with Gasteiger partial charge in [0, 0.05) is 29.4 Å². The van der Waals surface area contributed by atoms with Crippen LogP contribution in [0.3, 0.4) is 0 Å². The molecule has 1 heterocycles. The second-order valence-corrected chi connectivity index (χ2v) is 4.58. The Morgan fingerprint density at radius 3 is 2.47 bits per heavy atom. The van der Waals surface area contributed by atoms with Crippen molar-refractivity contribution in [3.63, 3.8) is 0 Å². The number of rotatable bonds is 4. The highest BCUT2D eigenvalue weighted by molar-refractivity contribution is 6.30. The monoisotopic (exact) mass is 249 g/mol. The molecule has 0 atom stereocenters. The molecule has 0 unspecified atom stereocenters. The molecule has 2 N–H and O–H groups in total. The van der Waals surface area contributed by atoms with Gasteiger partial charge in [0.15, 0.2) is 0 Å². The summed E-state index contributed by atoms with van der Waals surface area (Å²) >= 11 is 5.84. The highest BCUT2D eigenvalue weighted by atomic mass is 35.5. The van der Waals surface area contributed by atoms with E-state index in [4.69, 9.17) is 11.6 Å². The molecule has 0 aliphatic rings. The predicted octanol–water partition coefficient (Wildman–Crippen LogP) is 2.97. The van der Waals surface area contributed by atoms with Crippen LogP contribution < -0.4 is 5.32 Å². The zero-order chi connectivity index (χ0) is 12.3. The van der Waals surface area contributed by atoms with Crippen molar-refractivity contribution in [2.45, 2.75) is 26.9 Å². The molecule has 0 bridgehead atoms. The Bertz CT molecular complexity index is 468. The zero-order valence-electron chi connectivity index (χ0n) is 10.0. The van der Waals surface area contributed by atoms with Crippen LogP contribution in [0, 0.1) is 13.8 Å². The minimum absolute atomic E-state index is 0.773. The lowest BCUT2D eigenvalue weighted by Crippen LogP contribution is -2.13. The lowest BCUT2D eigenvalue weighted by molar-refractivity contribution is 0.688. The highest BCUT2D eigenvalue weighted by Gasteiger charge is 2.04. The summed E-state index contributed by atoms with van der Waals surface area (Å²) in [4.78, 5) is 0. The number of H-pyrrole nitrogens is 1. The van der Waals surface area contributed by atoms with Gasteiger partial charge in [-0.25, -0.2) is 0 Å². The summed E-state index contributed by atoms with van der Waals surface area (Å²) in [6.45, 7) is 5.72. The average molecular weight is 250 g/mol. The predicted molar refractivity (Wildman–Crippen MR) is 70.1 cm³/mol. The van der Waals surface area contributed by atoms with E-state index in [9.17, 15) is 0 Å². The molecule has 4 heteroatoms. The van der Waals surface area contributed by atoms with Gasteiger partial charge in [0.1, 0.15) is 0 Å². The fraction of sp³-hybridized carbons (Fsp3) is 0.308. The summed E-state index contributed by atoms with van der Waals surface area (Å²) in [5.74, 6) is 0. The van der Waals surface area contributed by atoms with Crippen LogP contribution >= 0.6 is 11.6 Å². The lowest BCUT2D eigenvalue weighted by atomic mass is 10.2. The summed E-state index contributed by atoms with van der Waals surface area (Å²) in [6, 6.07) is 7.88. The number of aromatic nitrogens is 2. The summed E-state index contributed by atoms with van der Waals surface area (Å²) in [5, 5.41) is 11.3. The van der Waals surface area contributed by atoms with Crippen LogP contribution in [0.1, 0.15) is 22.5 Å². The molecule has 1 aromatic carbocycles. The molecule has 2 aromatic rings. The molecule has 0 amide bonds. The van der Waals surface area contributed by atoms with E-state index in [1.807, 2.05) is 38.1 Å². The van der Waals surface area contributed by atoms with Crippen molar-refractivity contribution in [3.8, 4) is 0 Å². The van der Waals surface area contributed by atoms with Crippen molar-refractivity contribution in [1.29, 1.82) is 0 Å². The van der Waals surface area contributed by atoms with Crippen LogP contribution in [0.25, 0.3) is 0 Å². The van der Waals surface area contributed by atoms with Crippen LogP contribution in [0.2, 0.25) is 5.02 Å². The fourth-order valence-electron chi connectivity index (χ4n) is 1.77. The van der Waals surface area contributed by atoms with Crippen molar-refractivity contribution in [2.24, 2.45) is 0 Å². The standard InChI is InChI=1S/C13H16ClN3/c1-9-13(10(2)17-16-9)8-15-7-11-3-5-12(14)6-4-11/h3-6,15H,7-8H2,1-2H3,(H,16,17). The maximum atomic E-state index is 5.84. The quantitative estimate of drug-likeness (QED) is 0.875. The van der Waals surface area contributed by atoms with E-state index in [1.54, 1.807) is 0 Å². The summed E-state index contributed by atoms with van der Waals surface area (Å²) in [6.07, 6.45) is 0. The SMILES string of the molecule is Cc1n[nH]c(C)c1CNCc1ccc(Cl)cc1. The van der Waals surface area contributed by atoms with Gasteiger partial charge in [0.2, 0.25) is 0 Å². The third-order valence-electron chi connectivity index (χ3n) is 2.82. The Hall–Kier alpha value is -1.32. The largest absolute Gasteiger partial charge is 0.308 e. The van der Waals surface area contributed by atoms with Gasteiger partial charge in [0.25, 0.3) is 0 Å². The molecule has 0 fully saturated rings. The van der Waals surface area contributed by atoms with E-state index in [2.05, 4.69) is 15.5 Å². The topological polar surface area (TPSA) is 40.7 Å². The first-order chi connectivity index (χ1) is 8.16. The van der Waals surface area contributed by atoms with Crippen molar-refractivity contribution in [2.75, 3.05) is 0 Å².